The highest BCUT2D eigenvalue weighted by Gasteiger charge is 2.30. The fraction of sp³-hybridized carbons (Fsp3) is 0.233. The number of rotatable bonds is 6. The molecule has 6 heteroatoms. The first-order valence-electron chi connectivity index (χ1n) is 12.1. The Morgan fingerprint density at radius 1 is 1.17 bits per heavy atom. The van der Waals surface area contributed by atoms with Crippen molar-refractivity contribution in [1.82, 2.24) is 4.57 Å². The quantitative estimate of drug-likeness (QED) is 0.142. The lowest BCUT2D eigenvalue weighted by Crippen LogP contribution is -2.28. The topological polar surface area (TPSA) is 69.9 Å². The summed E-state index contributed by atoms with van der Waals surface area (Å²) in [6, 6.07) is 17.5. The fourth-order valence-corrected chi connectivity index (χ4v) is 5.08. The van der Waals surface area contributed by atoms with E-state index in [1.807, 2.05) is 67.6 Å². The van der Waals surface area contributed by atoms with E-state index < -0.39 is 5.97 Å². The molecule has 1 aliphatic rings. The Hall–Kier alpha value is -4.19. The Bertz CT molecular complexity index is 1560. The van der Waals surface area contributed by atoms with Gasteiger partial charge in [-0.3, -0.25) is 4.79 Å². The molecule has 5 rings (SSSR count). The van der Waals surface area contributed by atoms with Gasteiger partial charge < -0.3 is 14.1 Å². The molecular weight excluding hydrogens is 452 g/mol. The maximum Gasteiger partial charge on any atom is 0.331 e. The van der Waals surface area contributed by atoms with E-state index in [-0.39, 0.29) is 11.7 Å². The first-order chi connectivity index (χ1) is 17.4. The number of hydrogen-bond acceptors (Lipinski definition) is 5. The van der Waals surface area contributed by atoms with Crippen molar-refractivity contribution in [3.63, 3.8) is 0 Å². The average molecular weight is 481 g/mol. The van der Waals surface area contributed by atoms with Crippen LogP contribution >= 0.6 is 0 Å². The van der Waals surface area contributed by atoms with Crippen molar-refractivity contribution >= 4 is 39.3 Å². The van der Waals surface area contributed by atoms with Crippen LogP contribution in [0.2, 0.25) is 0 Å². The normalized spacial score (nSPS) is 16.1. The summed E-state index contributed by atoms with van der Waals surface area (Å²) < 4.78 is 8.56. The number of aromatic nitrogens is 1. The number of hydrogen-bond donors (Lipinski definition) is 0. The van der Waals surface area contributed by atoms with Gasteiger partial charge in [-0.2, -0.15) is 0 Å². The van der Waals surface area contributed by atoms with E-state index in [1.165, 1.54) is 6.92 Å². The Morgan fingerprint density at radius 2 is 1.94 bits per heavy atom. The van der Waals surface area contributed by atoms with Crippen LogP contribution in [0.4, 0.5) is 0 Å². The van der Waals surface area contributed by atoms with Crippen molar-refractivity contribution in [3.05, 3.63) is 89.5 Å². The average Bonchev–Trinajstić information content (AvgIpc) is 3.21. The molecule has 4 aromatic rings. The predicted molar refractivity (Wildman–Crippen MR) is 142 cm³/mol. The number of aryl methyl sites for hydroxylation is 2. The van der Waals surface area contributed by atoms with Crippen molar-refractivity contribution in [3.8, 4) is 5.75 Å². The van der Waals surface area contributed by atoms with E-state index >= 15 is 0 Å². The SMILES string of the molecule is C=CCC1COc2c(ccc3c2c2cc(C(=O)c4ccccc4C)ccc2n3CC)/C1=N/OC(C)=O. The molecule has 0 saturated heterocycles. The summed E-state index contributed by atoms with van der Waals surface area (Å²) in [7, 11) is 0. The molecule has 0 radical (unpaired) electrons. The number of nitrogens with zero attached hydrogens (tertiary/aromatic N) is 2. The first kappa shape index (κ1) is 23.5. The molecule has 3 aromatic carbocycles. The van der Waals surface area contributed by atoms with E-state index in [0.717, 1.165) is 39.5 Å². The van der Waals surface area contributed by atoms with Gasteiger partial charge in [0.15, 0.2) is 5.78 Å². The summed E-state index contributed by atoms with van der Waals surface area (Å²) in [6.45, 7) is 10.4. The van der Waals surface area contributed by atoms with Crippen molar-refractivity contribution < 1.29 is 19.2 Å². The molecule has 0 N–H and O–H groups in total. The Labute approximate surface area is 209 Å². The molecule has 1 aliphatic heterocycles. The maximum absolute atomic E-state index is 13.4. The van der Waals surface area contributed by atoms with Gasteiger partial charge in [-0.1, -0.05) is 35.5 Å². The molecule has 0 fully saturated rings. The minimum Gasteiger partial charge on any atom is -0.491 e. The van der Waals surface area contributed by atoms with Gasteiger partial charge in [0.1, 0.15) is 5.75 Å². The molecule has 0 aliphatic carbocycles. The summed E-state index contributed by atoms with van der Waals surface area (Å²) in [4.78, 5) is 30.0. The summed E-state index contributed by atoms with van der Waals surface area (Å²) in [5.41, 5.74) is 5.75. The van der Waals surface area contributed by atoms with Crippen LogP contribution in [0, 0.1) is 12.8 Å². The molecule has 36 heavy (non-hydrogen) atoms. The van der Waals surface area contributed by atoms with E-state index in [9.17, 15) is 9.59 Å². The number of carbonyl (C=O) groups is 2. The smallest absolute Gasteiger partial charge is 0.331 e. The number of oxime groups is 1. The van der Waals surface area contributed by atoms with Crippen molar-refractivity contribution in [1.29, 1.82) is 0 Å². The number of carbonyl (C=O) groups excluding carboxylic acids is 2. The second kappa shape index (κ2) is 9.46. The first-order valence-corrected chi connectivity index (χ1v) is 12.1. The Balaban J connectivity index is 1.74. The number of ketones is 1. The molecule has 2 heterocycles. The number of benzene rings is 3. The van der Waals surface area contributed by atoms with Gasteiger partial charge in [-0.25, -0.2) is 4.79 Å². The van der Waals surface area contributed by atoms with Gasteiger partial charge in [0.25, 0.3) is 0 Å². The highest BCUT2D eigenvalue weighted by atomic mass is 16.7. The van der Waals surface area contributed by atoms with Crippen LogP contribution in [0.15, 0.2) is 72.4 Å². The number of allylic oxidation sites excluding steroid dienone is 1. The fourth-order valence-electron chi connectivity index (χ4n) is 5.08. The minimum atomic E-state index is -0.476. The third-order valence-corrected chi connectivity index (χ3v) is 6.77. The van der Waals surface area contributed by atoms with Gasteiger partial charge in [0.2, 0.25) is 0 Å². The molecular formula is C30H28N2O4. The molecule has 0 spiro atoms. The largest absolute Gasteiger partial charge is 0.491 e. The molecule has 0 bridgehead atoms. The second-order valence-corrected chi connectivity index (χ2v) is 9.05. The third kappa shape index (κ3) is 3.88. The van der Waals surface area contributed by atoms with Gasteiger partial charge in [-0.05, 0) is 56.2 Å². The van der Waals surface area contributed by atoms with E-state index in [1.54, 1.807) is 0 Å². The van der Waals surface area contributed by atoms with Gasteiger partial charge >= 0.3 is 5.97 Å². The molecule has 0 amide bonds. The van der Waals surface area contributed by atoms with Crippen LogP contribution in [-0.2, 0) is 16.2 Å². The van der Waals surface area contributed by atoms with E-state index in [2.05, 4.69) is 23.2 Å². The number of fused-ring (bicyclic) bond motifs is 5. The highest BCUT2D eigenvalue weighted by Crippen LogP contribution is 2.42. The van der Waals surface area contributed by atoms with Crippen LogP contribution in [0.25, 0.3) is 21.8 Å². The second-order valence-electron chi connectivity index (χ2n) is 9.05. The highest BCUT2D eigenvalue weighted by molar-refractivity contribution is 6.19. The zero-order valence-electron chi connectivity index (χ0n) is 20.7. The van der Waals surface area contributed by atoms with E-state index in [4.69, 9.17) is 9.57 Å². The Morgan fingerprint density at radius 3 is 2.67 bits per heavy atom. The van der Waals surface area contributed by atoms with Crippen LogP contribution in [0.3, 0.4) is 0 Å². The summed E-state index contributed by atoms with van der Waals surface area (Å²) in [6.07, 6.45) is 2.45. The minimum absolute atomic E-state index is 0.0127. The molecule has 182 valence electrons. The van der Waals surface area contributed by atoms with Crippen LogP contribution in [0.5, 0.6) is 5.75 Å². The molecule has 1 unspecified atom stereocenters. The lowest BCUT2D eigenvalue weighted by Gasteiger charge is -2.26. The van der Waals surface area contributed by atoms with Crippen LogP contribution in [-0.4, -0.2) is 28.6 Å². The van der Waals surface area contributed by atoms with Crippen LogP contribution < -0.4 is 4.74 Å². The maximum atomic E-state index is 13.4. The predicted octanol–water partition coefficient (Wildman–Crippen LogP) is 6.21. The standard InChI is InChI=1S/C30H28N2O4/c1-5-9-21-17-35-30-23(28(21)31-36-19(4)33)13-15-26-27(30)24-16-20(12-14-25(24)32(26)6-2)29(34)22-11-8-7-10-18(22)3/h5,7-8,10-16,21H,1,6,9,17H2,2-4H3/b31-28+. The van der Waals surface area contributed by atoms with E-state index in [0.29, 0.717) is 35.6 Å². The summed E-state index contributed by atoms with van der Waals surface area (Å²) in [5.74, 6) is 0.123. The monoisotopic (exact) mass is 480 g/mol. The van der Waals surface area contributed by atoms with Crippen molar-refractivity contribution in [2.24, 2.45) is 11.1 Å². The van der Waals surface area contributed by atoms with Crippen molar-refractivity contribution in [2.75, 3.05) is 6.61 Å². The molecule has 1 atom stereocenters. The summed E-state index contributed by atoms with van der Waals surface area (Å²) >= 11 is 0. The lowest BCUT2D eigenvalue weighted by molar-refractivity contribution is -0.141. The van der Waals surface area contributed by atoms with Crippen molar-refractivity contribution in [2.45, 2.75) is 33.7 Å². The zero-order chi connectivity index (χ0) is 25.4. The Kier molecular flexibility index (Phi) is 6.18. The molecule has 6 nitrogen and oxygen atoms in total. The van der Waals surface area contributed by atoms with Crippen LogP contribution in [0.1, 0.15) is 47.3 Å². The third-order valence-electron chi connectivity index (χ3n) is 6.77. The van der Waals surface area contributed by atoms with Gasteiger partial charge in [-0.15, -0.1) is 6.58 Å². The van der Waals surface area contributed by atoms with Gasteiger partial charge in [0, 0.05) is 47.0 Å². The zero-order valence-corrected chi connectivity index (χ0v) is 20.7. The molecule has 0 saturated carbocycles. The summed E-state index contributed by atoms with van der Waals surface area (Å²) in [5, 5.41) is 6.08. The molecule has 1 aromatic heterocycles. The van der Waals surface area contributed by atoms with Gasteiger partial charge in [0.05, 0.1) is 23.2 Å². The lowest BCUT2D eigenvalue weighted by atomic mass is 9.90. The number of ether oxygens (including phenoxy) is 1.